The van der Waals surface area contributed by atoms with E-state index in [9.17, 15) is 0 Å². The first-order valence-corrected chi connectivity index (χ1v) is 5.97. The Kier molecular flexibility index (Phi) is 4.21. The molecule has 2 aromatic rings. The van der Waals surface area contributed by atoms with Gasteiger partial charge in [0.15, 0.2) is 0 Å². The fourth-order valence-electron chi connectivity index (χ4n) is 1.57. The molecule has 19 heavy (non-hydrogen) atoms. The summed E-state index contributed by atoms with van der Waals surface area (Å²) in [6.07, 6.45) is 0. The molecule has 2 heteroatoms. The molecule has 0 fully saturated rings. The lowest BCUT2D eigenvalue weighted by Crippen LogP contribution is -1.96. The molecule has 0 atom stereocenters. The number of nitrogens with zero attached hydrogens (tertiary/aromatic N) is 1. The van der Waals surface area contributed by atoms with Crippen LogP contribution in [-0.2, 0) is 0 Å². The fourth-order valence-corrected chi connectivity index (χ4v) is 1.57. The predicted molar refractivity (Wildman–Crippen MR) is 74.7 cm³/mol. The molecule has 2 aromatic carbocycles. The number of aryl methyl sites for hydroxylation is 1. The molecule has 0 aromatic heterocycles. The third-order valence-electron chi connectivity index (χ3n) is 2.59. The van der Waals surface area contributed by atoms with Crippen molar-refractivity contribution in [3.63, 3.8) is 0 Å². The summed E-state index contributed by atoms with van der Waals surface area (Å²) in [5.41, 5.74) is 2.70. The summed E-state index contributed by atoms with van der Waals surface area (Å²) >= 11 is 0. The van der Waals surface area contributed by atoms with Gasteiger partial charge in [-0.25, -0.2) is 0 Å². The molecule has 0 unspecified atom stereocenters. The number of nitriles is 1. The second-order valence-electron chi connectivity index (χ2n) is 4.06. The van der Waals surface area contributed by atoms with Crippen LogP contribution in [-0.4, -0.2) is 6.61 Å². The van der Waals surface area contributed by atoms with Crippen molar-refractivity contribution in [2.45, 2.75) is 6.92 Å². The molecule has 0 aliphatic carbocycles. The van der Waals surface area contributed by atoms with Crippen LogP contribution in [0.3, 0.4) is 0 Å². The van der Waals surface area contributed by atoms with Crippen molar-refractivity contribution in [2.75, 3.05) is 6.61 Å². The SMILES string of the molecule is Cc1ccc(C#CCOc2ccccc2C#N)cc1. The molecule has 92 valence electrons. The second-order valence-corrected chi connectivity index (χ2v) is 4.06. The normalized spacial score (nSPS) is 9.05. The number of hydrogen-bond acceptors (Lipinski definition) is 2. The lowest BCUT2D eigenvalue weighted by Gasteiger charge is -2.02. The van der Waals surface area contributed by atoms with Gasteiger partial charge in [-0.3, -0.25) is 0 Å². The van der Waals surface area contributed by atoms with Crippen LogP contribution < -0.4 is 4.74 Å². The van der Waals surface area contributed by atoms with Gasteiger partial charge in [-0.15, -0.1) is 0 Å². The van der Waals surface area contributed by atoms with Crippen LogP contribution in [0.1, 0.15) is 16.7 Å². The Balaban J connectivity index is 1.98. The van der Waals surface area contributed by atoms with Crippen molar-refractivity contribution in [2.24, 2.45) is 0 Å². The summed E-state index contributed by atoms with van der Waals surface area (Å²) in [7, 11) is 0. The topological polar surface area (TPSA) is 33.0 Å². The highest BCUT2D eigenvalue weighted by atomic mass is 16.5. The first kappa shape index (κ1) is 12.7. The molecular weight excluding hydrogens is 234 g/mol. The average molecular weight is 247 g/mol. The van der Waals surface area contributed by atoms with Crippen LogP contribution in [0.5, 0.6) is 5.75 Å². The van der Waals surface area contributed by atoms with Crippen LogP contribution in [0, 0.1) is 30.1 Å². The first-order chi connectivity index (χ1) is 9.29. The Hall–Kier alpha value is -2.71. The van der Waals surface area contributed by atoms with Crippen LogP contribution in [0.2, 0.25) is 0 Å². The minimum Gasteiger partial charge on any atom is -0.480 e. The molecule has 0 amide bonds. The summed E-state index contributed by atoms with van der Waals surface area (Å²) in [4.78, 5) is 0. The largest absolute Gasteiger partial charge is 0.480 e. The maximum absolute atomic E-state index is 8.91. The van der Waals surface area contributed by atoms with Gasteiger partial charge in [0.25, 0.3) is 0 Å². The zero-order chi connectivity index (χ0) is 13.5. The summed E-state index contributed by atoms with van der Waals surface area (Å²) in [6, 6.07) is 17.2. The molecular formula is C17H13NO. The van der Waals surface area contributed by atoms with Crippen molar-refractivity contribution in [1.29, 1.82) is 5.26 Å². The van der Waals surface area contributed by atoms with Crippen molar-refractivity contribution in [1.82, 2.24) is 0 Å². The standard InChI is InChI=1S/C17H13NO/c1-14-8-10-15(11-9-14)5-4-12-19-17-7-3-2-6-16(17)13-18/h2-3,6-11H,12H2,1H3. The van der Waals surface area contributed by atoms with E-state index in [-0.39, 0.29) is 6.61 Å². The Morgan fingerprint density at radius 1 is 1.05 bits per heavy atom. The molecule has 2 nitrogen and oxygen atoms in total. The Morgan fingerprint density at radius 3 is 2.53 bits per heavy atom. The van der Waals surface area contributed by atoms with Gasteiger partial charge in [-0.2, -0.15) is 5.26 Å². The predicted octanol–water partition coefficient (Wildman–Crippen LogP) is 3.30. The van der Waals surface area contributed by atoms with Crippen LogP contribution in [0.4, 0.5) is 0 Å². The smallest absolute Gasteiger partial charge is 0.149 e. The van der Waals surface area contributed by atoms with Crippen LogP contribution in [0.15, 0.2) is 48.5 Å². The van der Waals surface area contributed by atoms with E-state index < -0.39 is 0 Å². The second kappa shape index (κ2) is 6.28. The van der Waals surface area contributed by atoms with E-state index in [1.807, 2.05) is 43.3 Å². The number of rotatable bonds is 2. The van der Waals surface area contributed by atoms with Gasteiger partial charge in [0, 0.05) is 5.56 Å². The molecule has 0 saturated heterocycles. The summed E-state index contributed by atoms with van der Waals surface area (Å²) in [5, 5.41) is 8.91. The van der Waals surface area contributed by atoms with Gasteiger partial charge >= 0.3 is 0 Å². The van der Waals surface area contributed by atoms with Gasteiger partial charge in [-0.1, -0.05) is 41.7 Å². The van der Waals surface area contributed by atoms with Crippen molar-refractivity contribution >= 4 is 0 Å². The van der Waals surface area contributed by atoms with Gasteiger partial charge in [0.1, 0.15) is 18.4 Å². The first-order valence-electron chi connectivity index (χ1n) is 5.97. The quantitative estimate of drug-likeness (QED) is 0.763. The number of benzene rings is 2. The zero-order valence-corrected chi connectivity index (χ0v) is 10.7. The Bertz CT molecular complexity index is 654. The van der Waals surface area contributed by atoms with E-state index in [2.05, 4.69) is 17.9 Å². The van der Waals surface area contributed by atoms with E-state index in [0.717, 1.165) is 5.56 Å². The maximum Gasteiger partial charge on any atom is 0.149 e. The van der Waals surface area contributed by atoms with Gasteiger partial charge in [0.05, 0.1) is 5.56 Å². The van der Waals surface area contributed by atoms with E-state index in [0.29, 0.717) is 11.3 Å². The molecule has 0 N–H and O–H groups in total. The lowest BCUT2D eigenvalue weighted by atomic mass is 10.2. The number of ether oxygens (including phenoxy) is 1. The minimum absolute atomic E-state index is 0.270. The average Bonchev–Trinajstić information content (AvgIpc) is 2.46. The highest BCUT2D eigenvalue weighted by molar-refractivity contribution is 5.43. The third-order valence-corrected chi connectivity index (χ3v) is 2.59. The third kappa shape index (κ3) is 3.63. The van der Waals surface area contributed by atoms with Crippen LogP contribution in [0.25, 0.3) is 0 Å². The highest BCUT2D eigenvalue weighted by Gasteiger charge is 1.99. The Morgan fingerprint density at radius 2 is 1.79 bits per heavy atom. The van der Waals surface area contributed by atoms with Crippen LogP contribution >= 0.6 is 0 Å². The molecule has 0 radical (unpaired) electrons. The molecule has 0 aliphatic heterocycles. The van der Waals surface area contributed by atoms with Gasteiger partial charge < -0.3 is 4.74 Å². The van der Waals surface area contributed by atoms with E-state index in [1.54, 1.807) is 12.1 Å². The van der Waals surface area contributed by atoms with E-state index >= 15 is 0 Å². The molecule has 0 spiro atoms. The highest BCUT2D eigenvalue weighted by Crippen LogP contribution is 2.15. The Labute approximate surface area is 113 Å². The molecule has 0 aliphatic rings. The number of para-hydroxylation sites is 1. The van der Waals surface area contributed by atoms with Gasteiger partial charge in [-0.05, 0) is 31.2 Å². The molecule has 0 saturated carbocycles. The maximum atomic E-state index is 8.91. The van der Waals surface area contributed by atoms with E-state index in [4.69, 9.17) is 10.00 Å². The van der Waals surface area contributed by atoms with Crippen molar-refractivity contribution in [3.8, 4) is 23.7 Å². The lowest BCUT2D eigenvalue weighted by molar-refractivity contribution is 0.369. The molecule has 2 rings (SSSR count). The van der Waals surface area contributed by atoms with E-state index in [1.165, 1.54) is 5.56 Å². The fraction of sp³-hybridized carbons (Fsp3) is 0.118. The summed E-state index contributed by atoms with van der Waals surface area (Å²) in [5.74, 6) is 6.53. The summed E-state index contributed by atoms with van der Waals surface area (Å²) < 4.78 is 5.48. The van der Waals surface area contributed by atoms with Crippen molar-refractivity contribution in [3.05, 3.63) is 65.2 Å². The minimum atomic E-state index is 0.270. The van der Waals surface area contributed by atoms with Crippen molar-refractivity contribution < 1.29 is 4.74 Å². The molecule has 0 bridgehead atoms. The molecule has 0 heterocycles. The zero-order valence-electron chi connectivity index (χ0n) is 10.7. The monoisotopic (exact) mass is 247 g/mol. The summed E-state index contributed by atoms with van der Waals surface area (Å²) in [6.45, 7) is 2.31. The van der Waals surface area contributed by atoms with Gasteiger partial charge in [0.2, 0.25) is 0 Å². The number of hydrogen-bond donors (Lipinski definition) is 0.